The molecular formula is C15H27NO3S. The maximum absolute atomic E-state index is 11.4. The molecule has 1 saturated heterocycles. The Morgan fingerprint density at radius 1 is 1.45 bits per heavy atom. The highest BCUT2D eigenvalue weighted by Gasteiger charge is 2.41. The summed E-state index contributed by atoms with van der Waals surface area (Å²) in [5.41, 5.74) is 6.00. The standard InChI is InChI=1S/C15H27NO3S/c1-2-18-14(17)13(16)6-10-20-11-12-5-9-15(19-12)7-3-4-8-15/h12-13H,2-11,16H2,1H3. The van der Waals surface area contributed by atoms with E-state index in [1.165, 1.54) is 38.5 Å². The monoisotopic (exact) mass is 301 g/mol. The van der Waals surface area contributed by atoms with Crippen LogP contribution >= 0.6 is 11.8 Å². The van der Waals surface area contributed by atoms with E-state index in [1.54, 1.807) is 6.92 Å². The van der Waals surface area contributed by atoms with Crippen LogP contribution < -0.4 is 5.73 Å². The van der Waals surface area contributed by atoms with Gasteiger partial charge < -0.3 is 15.2 Å². The molecule has 5 heteroatoms. The topological polar surface area (TPSA) is 61.5 Å². The average Bonchev–Trinajstić information content (AvgIpc) is 3.06. The minimum atomic E-state index is -0.479. The molecule has 1 heterocycles. The Balaban J connectivity index is 1.57. The normalized spacial score (nSPS) is 26.0. The lowest BCUT2D eigenvalue weighted by atomic mass is 9.98. The predicted molar refractivity (Wildman–Crippen MR) is 81.9 cm³/mol. The van der Waals surface area contributed by atoms with Gasteiger partial charge in [0.2, 0.25) is 0 Å². The van der Waals surface area contributed by atoms with Crippen LogP contribution in [0.2, 0.25) is 0 Å². The zero-order valence-corrected chi connectivity index (χ0v) is 13.3. The van der Waals surface area contributed by atoms with E-state index in [4.69, 9.17) is 15.2 Å². The highest BCUT2D eigenvalue weighted by molar-refractivity contribution is 7.99. The molecule has 1 aliphatic heterocycles. The summed E-state index contributed by atoms with van der Waals surface area (Å²) in [6.07, 6.45) is 8.67. The number of rotatable bonds is 7. The maximum atomic E-state index is 11.4. The molecule has 1 aliphatic carbocycles. The van der Waals surface area contributed by atoms with Crippen molar-refractivity contribution in [1.82, 2.24) is 0 Å². The van der Waals surface area contributed by atoms with Crippen LogP contribution in [-0.4, -0.2) is 41.8 Å². The molecule has 0 radical (unpaired) electrons. The van der Waals surface area contributed by atoms with Crippen LogP contribution in [0.25, 0.3) is 0 Å². The molecule has 2 aliphatic rings. The number of ether oxygens (including phenoxy) is 2. The van der Waals surface area contributed by atoms with E-state index in [0.717, 1.165) is 11.5 Å². The van der Waals surface area contributed by atoms with Crippen molar-refractivity contribution >= 4 is 17.7 Å². The van der Waals surface area contributed by atoms with E-state index < -0.39 is 6.04 Å². The summed E-state index contributed by atoms with van der Waals surface area (Å²) in [5, 5.41) is 0. The van der Waals surface area contributed by atoms with Crippen LogP contribution in [0.3, 0.4) is 0 Å². The minimum absolute atomic E-state index is 0.229. The third-order valence-electron chi connectivity index (χ3n) is 4.32. The van der Waals surface area contributed by atoms with Gasteiger partial charge in [0.05, 0.1) is 18.3 Å². The van der Waals surface area contributed by atoms with E-state index in [9.17, 15) is 4.79 Å². The Morgan fingerprint density at radius 3 is 2.90 bits per heavy atom. The van der Waals surface area contributed by atoms with E-state index in [0.29, 0.717) is 19.1 Å². The van der Waals surface area contributed by atoms with Crippen molar-refractivity contribution in [2.45, 2.75) is 69.6 Å². The van der Waals surface area contributed by atoms with Crippen LogP contribution in [0, 0.1) is 0 Å². The molecule has 0 aromatic rings. The van der Waals surface area contributed by atoms with Gasteiger partial charge in [-0.3, -0.25) is 4.79 Å². The lowest BCUT2D eigenvalue weighted by Gasteiger charge is -2.23. The Bertz CT molecular complexity index is 318. The third kappa shape index (κ3) is 4.37. The highest BCUT2D eigenvalue weighted by atomic mass is 32.2. The smallest absolute Gasteiger partial charge is 0.322 e. The van der Waals surface area contributed by atoms with E-state index in [2.05, 4.69) is 0 Å². The number of esters is 1. The Hall–Kier alpha value is -0.260. The largest absolute Gasteiger partial charge is 0.465 e. The number of thioether (sulfide) groups is 1. The second kappa shape index (κ2) is 7.66. The highest BCUT2D eigenvalue weighted by Crippen LogP contribution is 2.43. The molecular weight excluding hydrogens is 274 g/mol. The van der Waals surface area contributed by atoms with Gasteiger partial charge in [0.15, 0.2) is 0 Å². The number of hydrogen-bond acceptors (Lipinski definition) is 5. The first-order valence-electron chi connectivity index (χ1n) is 7.83. The van der Waals surface area contributed by atoms with Crippen LogP contribution in [0.4, 0.5) is 0 Å². The Morgan fingerprint density at radius 2 is 2.20 bits per heavy atom. The van der Waals surface area contributed by atoms with Crippen molar-refractivity contribution in [3.8, 4) is 0 Å². The molecule has 2 rings (SSSR count). The molecule has 2 N–H and O–H groups in total. The molecule has 2 atom stereocenters. The molecule has 1 saturated carbocycles. The van der Waals surface area contributed by atoms with Crippen molar-refractivity contribution < 1.29 is 14.3 Å². The van der Waals surface area contributed by atoms with Gasteiger partial charge in [-0.25, -0.2) is 0 Å². The number of carbonyl (C=O) groups is 1. The van der Waals surface area contributed by atoms with Gasteiger partial charge in [-0.2, -0.15) is 11.8 Å². The average molecular weight is 301 g/mol. The first kappa shape index (κ1) is 16.1. The molecule has 1 spiro atoms. The Labute approximate surface area is 126 Å². The summed E-state index contributed by atoms with van der Waals surface area (Å²) in [7, 11) is 0. The molecule has 2 unspecified atom stereocenters. The zero-order chi connectivity index (χ0) is 14.4. The summed E-state index contributed by atoms with van der Waals surface area (Å²) < 4.78 is 11.2. The number of carbonyl (C=O) groups excluding carboxylic acids is 1. The second-order valence-electron chi connectivity index (χ2n) is 5.89. The molecule has 0 bridgehead atoms. The maximum Gasteiger partial charge on any atom is 0.322 e. The van der Waals surface area contributed by atoms with Crippen molar-refractivity contribution in [2.24, 2.45) is 5.73 Å². The van der Waals surface area contributed by atoms with Crippen molar-refractivity contribution in [3.63, 3.8) is 0 Å². The van der Waals surface area contributed by atoms with Gasteiger partial charge in [-0.15, -0.1) is 0 Å². The Kier molecular flexibility index (Phi) is 6.18. The van der Waals surface area contributed by atoms with Gasteiger partial charge in [0.1, 0.15) is 6.04 Å². The van der Waals surface area contributed by atoms with Gasteiger partial charge in [-0.05, 0) is 44.8 Å². The van der Waals surface area contributed by atoms with E-state index >= 15 is 0 Å². The van der Waals surface area contributed by atoms with Gasteiger partial charge in [0, 0.05) is 5.75 Å². The third-order valence-corrected chi connectivity index (χ3v) is 5.45. The summed E-state index contributed by atoms with van der Waals surface area (Å²) in [4.78, 5) is 11.4. The summed E-state index contributed by atoms with van der Waals surface area (Å²) in [6, 6.07) is -0.479. The summed E-state index contributed by atoms with van der Waals surface area (Å²) in [5.74, 6) is 1.64. The van der Waals surface area contributed by atoms with Crippen molar-refractivity contribution in [3.05, 3.63) is 0 Å². The van der Waals surface area contributed by atoms with Crippen LogP contribution in [0.15, 0.2) is 0 Å². The number of nitrogens with two attached hydrogens (primary N) is 1. The first-order valence-corrected chi connectivity index (χ1v) is 8.98. The first-order chi connectivity index (χ1) is 9.65. The van der Waals surface area contributed by atoms with Crippen LogP contribution in [-0.2, 0) is 14.3 Å². The quantitative estimate of drug-likeness (QED) is 0.578. The van der Waals surface area contributed by atoms with Gasteiger partial charge >= 0.3 is 5.97 Å². The van der Waals surface area contributed by atoms with Crippen molar-refractivity contribution in [1.29, 1.82) is 0 Å². The number of hydrogen-bond donors (Lipinski definition) is 1. The fourth-order valence-electron chi connectivity index (χ4n) is 3.19. The fourth-order valence-corrected chi connectivity index (χ4v) is 4.28. The lowest BCUT2D eigenvalue weighted by Crippen LogP contribution is -2.33. The van der Waals surface area contributed by atoms with E-state index in [1.807, 2.05) is 11.8 Å². The second-order valence-corrected chi connectivity index (χ2v) is 7.04. The molecule has 0 aromatic carbocycles. The molecule has 20 heavy (non-hydrogen) atoms. The fraction of sp³-hybridized carbons (Fsp3) is 0.933. The SMILES string of the molecule is CCOC(=O)C(N)CCSCC1CCC2(CCCC2)O1. The zero-order valence-electron chi connectivity index (χ0n) is 12.4. The molecule has 4 nitrogen and oxygen atoms in total. The van der Waals surface area contributed by atoms with Gasteiger partial charge in [-0.1, -0.05) is 12.8 Å². The molecule has 0 aromatic heterocycles. The van der Waals surface area contributed by atoms with E-state index in [-0.39, 0.29) is 11.6 Å². The summed E-state index contributed by atoms with van der Waals surface area (Å²) in [6.45, 7) is 2.20. The minimum Gasteiger partial charge on any atom is -0.465 e. The van der Waals surface area contributed by atoms with Gasteiger partial charge in [0.25, 0.3) is 0 Å². The lowest BCUT2D eigenvalue weighted by molar-refractivity contribution is -0.144. The molecule has 116 valence electrons. The van der Waals surface area contributed by atoms with Crippen molar-refractivity contribution in [2.75, 3.05) is 18.1 Å². The van der Waals surface area contributed by atoms with Crippen LogP contribution in [0.5, 0.6) is 0 Å². The molecule has 2 fully saturated rings. The van der Waals surface area contributed by atoms with Crippen LogP contribution in [0.1, 0.15) is 51.9 Å². The summed E-state index contributed by atoms with van der Waals surface area (Å²) >= 11 is 1.84. The predicted octanol–water partition coefficient (Wildman–Crippen LogP) is 2.49. The molecule has 0 amide bonds.